The van der Waals surface area contributed by atoms with E-state index in [9.17, 15) is 9.59 Å². The summed E-state index contributed by atoms with van der Waals surface area (Å²) in [6.45, 7) is 4.27. The van der Waals surface area contributed by atoms with Gasteiger partial charge in [-0.05, 0) is 50.2 Å². The van der Waals surface area contributed by atoms with Crippen molar-refractivity contribution in [2.24, 2.45) is 5.92 Å². The first kappa shape index (κ1) is 18.8. The first-order valence-electron chi connectivity index (χ1n) is 8.99. The van der Waals surface area contributed by atoms with Crippen LogP contribution in [-0.2, 0) is 9.59 Å². The van der Waals surface area contributed by atoms with Crippen LogP contribution in [-0.4, -0.2) is 31.6 Å². The molecule has 0 unspecified atom stereocenters. The maximum atomic E-state index is 12.6. The summed E-state index contributed by atoms with van der Waals surface area (Å²) in [5.74, 6) is 0.690. The van der Waals surface area contributed by atoms with E-state index in [1.54, 1.807) is 24.1 Å². The number of ether oxygens (including phenoxy) is 2. The molecule has 1 N–H and O–H groups in total. The fraction of sp³-hybridized carbons (Fsp3) is 0.333. The van der Waals surface area contributed by atoms with Gasteiger partial charge in [-0.1, -0.05) is 12.1 Å². The molecule has 6 nitrogen and oxygen atoms in total. The van der Waals surface area contributed by atoms with E-state index in [1.165, 1.54) is 0 Å². The zero-order chi connectivity index (χ0) is 19.4. The number of benzene rings is 2. The SMILES string of the molecule is COc1ccccc1NC(=O)[C@@H]1CC(=O)N(c2ccc(OC(C)C)cc2)C1. The second-order valence-corrected chi connectivity index (χ2v) is 6.76. The quantitative estimate of drug-likeness (QED) is 0.848. The number of nitrogens with zero attached hydrogens (tertiary/aromatic N) is 1. The van der Waals surface area contributed by atoms with Gasteiger partial charge in [0.1, 0.15) is 11.5 Å². The number of rotatable bonds is 6. The highest BCUT2D eigenvalue weighted by atomic mass is 16.5. The van der Waals surface area contributed by atoms with Crippen LogP contribution in [0.1, 0.15) is 20.3 Å². The second kappa shape index (κ2) is 8.12. The molecule has 1 saturated heterocycles. The number of methoxy groups -OCH3 is 1. The number of amides is 2. The summed E-state index contributed by atoms with van der Waals surface area (Å²) in [6, 6.07) is 14.6. The van der Waals surface area contributed by atoms with Gasteiger partial charge in [0.05, 0.1) is 24.8 Å². The van der Waals surface area contributed by atoms with Gasteiger partial charge in [0, 0.05) is 18.7 Å². The molecule has 2 amide bonds. The molecule has 1 atom stereocenters. The first-order chi connectivity index (χ1) is 13.0. The molecule has 3 rings (SSSR count). The zero-order valence-corrected chi connectivity index (χ0v) is 15.8. The molecule has 0 aliphatic carbocycles. The minimum absolute atomic E-state index is 0.0623. The molecule has 0 bridgehead atoms. The Hall–Kier alpha value is -3.02. The fourth-order valence-electron chi connectivity index (χ4n) is 3.09. The van der Waals surface area contributed by atoms with Crippen molar-refractivity contribution >= 4 is 23.2 Å². The summed E-state index contributed by atoms with van der Waals surface area (Å²) >= 11 is 0. The zero-order valence-electron chi connectivity index (χ0n) is 15.8. The third kappa shape index (κ3) is 4.39. The highest BCUT2D eigenvalue weighted by Crippen LogP contribution is 2.29. The average Bonchev–Trinajstić information content (AvgIpc) is 3.04. The number of anilines is 2. The van der Waals surface area contributed by atoms with Crippen LogP contribution in [0.25, 0.3) is 0 Å². The average molecular weight is 368 g/mol. The summed E-state index contributed by atoms with van der Waals surface area (Å²) in [6.07, 6.45) is 0.276. The Morgan fingerprint density at radius 2 is 1.85 bits per heavy atom. The van der Waals surface area contributed by atoms with Crippen LogP contribution in [0.4, 0.5) is 11.4 Å². The van der Waals surface area contributed by atoms with Gasteiger partial charge < -0.3 is 19.7 Å². The van der Waals surface area contributed by atoms with E-state index in [-0.39, 0.29) is 24.3 Å². The second-order valence-electron chi connectivity index (χ2n) is 6.76. The Bertz CT molecular complexity index is 817. The van der Waals surface area contributed by atoms with Crippen LogP contribution in [0.15, 0.2) is 48.5 Å². The molecule has 6 heteroatoms. The van der Waals surface area contributed by atoms with Crippen molar-refractivity contribution in [3.63, 3.8) is 0 Å². The Morgan fingerprint density at radius 1 is 1.15 bits per heavy atom. The molecule has 142 valence electrons. The molecule has 0 spiro atoms. The third-order valence-corrected chi connectivity index (χ3v) is 4.38. The van der Waals surface area contributed by atoms with Crippen molar-refractivity contribution in [1.82, 2.24) is 0 Å². The van der Waals surface area contributed by atoms with E-state index in [0.29, 0.717) is 18.0 Å². The van der Waals surface area contributed by atoms with Gasteiger partial charge in [-0.25, -0.2) is 0 Å². The highest BCUT2D eigenvalue weighted by molar-refractivity contribution is 6.03. The molecule has 1 aliphatic rings. The van der Waals surface area contributed by atoms with Crippen LogP contribution >= 0.6 is 0 Å². The number of hydrogen-bond donors (Lipinski definition) is 1. The molecule has 0 saturated carbocycles. The van der Waals surface area contributed by atoms with Gasteiger partial charge in [-0.2, -0.15) is 0 Å². The van der Waals surface area contributed by atoms with Gasteiger partial charge in [-0.3, -0.25) is 9.59 Å². The van der Waals surface area contributed by atoms with Crippen molar-refractivity contribution in [2.75, 3.05) is 23.9 Å². The van der Waals surface area contributed by atoms with E-state index in [2.05, 4.69) is 5.32 Å². The van der Waals surface area contributed by atoms with Crippen molar-refractivity contribution < 1.29 is 19.1 Å². The van der Waals surface area contributed by atoms with E-state index >= 15 is 0 Å². The normalized spacial score (nSPS) is 16.5. The van der Waals surface area contributed by atoms with Crippen LogP contribution < -0.4 is 19.7 Å². The molecule has 0 radical (unpaired) electrons. The summed E-state index contributed by atoms with van der Waals surface area (Å²) in [4.78, 5) is 26.7. The van der Waals surface area contributed by atoms with Gasteiger partial charge >= 0.3 is 0 Å². The van der Waals surface area contributed by atoms with Crippen molar-refractivity contribution in [1.29, 1.82) is 0 Å². The van der Waals surface area contributed by atoms with E-state index < -0.39 is 5.92 Å². The van der Waals surface area contributed by atoms with Gasteiger partial charge in [-0.15, -0.1) is 0 Å². The molecule has 1 aliphatic heterocycles. The number of para-hydroxylation sites is 2. The maximum absolute atomic E-state index is 12.6. The predicted octanol–water partition coefficient (Wildman–Crippen LogP) is 3.47. The lowest BCUT2D eigenvalue weighted by molar-refractivity contribution is -0.122. The standard InChI is InChI=1S/C21H24N2O4/c1-14(2)27-17-10-8-16(9-11-17)23-13-15(12-20(23)24)21(25)22-18-6-4-5-7-19(18)26-3/h4-11,14-15H,12-13H2,1-3H3,(H,22,25)/t15-/m1/s1. The largest absolute Gasteiger partial charge is 0.495 e. The first-order valence-corrected chi connectivity index (χ1v) is 8.99. The van der Waals surface area contributed by atoms with E-state index in [0.717, 1.165) is 11.4 Å². The van der Waals surface area contributed by atoms with Crippen LogP contribution in [0, 0.1) is 5.92 Å². The molecule has 2 aromatic carbocycles. The molecular formula is C21H24N2O4. The molecule has 1 fully saturated rings. The monoisotopic (exact) mass is 368 g/mol. The fourth-order valence-corrected chi connectivity index (χ4v) is 3.09. The lowest BCUT2D eigenvalue weighted by atomic mass is 10.1. The smallest absolute Gasteiger partial charge is 0.229 e. The molecule has 0 aromatic heterocycles. The van der Waals surface area contributed by atoms with Crippen molar-refractivity contribution in [2.45, 2.75) is 26.4 Å². The van der Waals surface area contributed by atoms with Gasteiger partial charge in [0.15, 0.2) is 0 Å². The molecule has 2 aromatic rings. The number of carbonyl (C=O) groups is 2. The van der Waals surface area contributed by atoms with Crippen molar-refractivity contribution in [3.05, 3.63) is 48.5 Å². The lowest BCUT2D eigenvalue weighted by Gasteiger charge is -2.18. The summed E-state index contributed by atoms with van der Waals surface area (Å²) in [5.41, 5.74) is 1.37. The Balaban J connectivity index is 1.67. The van der Waals surface area contributed by atoms with E-state index in [1.807, 2.05) is 50.2 Å². The predicted molar refractivity (Wildman–Crippen MR) is 104 cm³/mol. The maximum Gasteiger partial charge on any atom is 0.229 e. The highest BCUT2D eigenvalue weighted by Gasteiger charge is 2.35. The van der Waals surface area contributed by atoms with Crippen LogP contribution in [0.5, 0.6) is 11.5 Å². The van der Waals surface area contributed by atoms with E-state index in [4.69, 9.17) is 9.47 Å². The van der Waals surface area contributed by atoms with Crippen LogP contribution in [0.3, 0.4) is 0 Å². The van der Waals surface area contributed by atoms with Crippen molar-refractivity contribution in [3.8, 4) is 11.5 Å². The molecule has 27 heavy (non-hydrogen) atoms. The topological polar surface area (TPSA) is 67.9 Å². The lowest BCUT2D eigenvalue weighted by Crippen LogP contribution is -2.28. The Morgan fingerprint density at radius 3 is 2.52 bits per heavy atom. The molecular weight excluding hydrogens is 344 g/mol. The summed E-state index contributed by atoms with van der Waals surface area (Å²) < 4.78 is 10.9. The minimum atomic E-state index is -0.408. The Kier molecular flexibility index (Phi) is 5.64. The summed E-state index contributed by atoms with van der Waals surface area (Å²) in [5, 5.41) is 2.86. The van der Waals surface area contributed by atoms with Gasteiger partial charge in [0.2, 0.25) is 11.8 Å². The number of nitrogens with one attached hydrogen (secondary N) is 1. The summed E-state index contributed by atoms with van der Waals surface area (Å²) in [7, 11) is 1.55. The third-order valence-electron chi connectivity index (χ3n) is 4.38. The Labute approximate surface area is 159 Å². The minimum Gasteiger partial charge on any atom is -0.495 e. The number of carbonyl (C=O) groups excluding carboxylic acids is 2. The molecule has 1 heterocycles. The number of hydrogen-bond acceptors (Lipinski definition) is 4. The van der Waals surface area contributed by atoms with Crippen LogP contribution in [0.2, 0.25) is 0 Å². The van der Waals surface area contributed by atoms with Gasteiger partial charge in [0.25, 0.3) is 0 Å².